The molecule has 0 spiro atoms. The molecule has 1 aromatic carbocycles. The second kappa shape index (κ2) is 6.45. The number of methoxy groups -OCH3 is 1. The smallest absolute Gasteiger partial charge is 0.120 e. The Bertz CT molecular complexity index is 595. The quantitative estimate of drug-likeness (QED) is 0.853. The Hall–Kier alpha value is -1.59. The second-order valence-electron chi connectivity index (χ2n) is 5.45. The predicted molar refractivity (Wildman–Crippen MR) is 87.1 cm³/mol. The topological polar surface area (TPSA) is 37.4 Å². The van der Waals surface area contributed by atoms with Crippen LogP contribution in [-0.4, -0.2) is 25.2 Å². The van der Waals surface area contributed by atoms with Crippen LogP contribution in [0.5, 0.6) is 5.75 Å². The first-order valence-corrected chi connectivity index (χ1v) is 8.14. The van der Waals surface area contributed by atoms with Gasteiger partial charge in [0.1, 0.15) is 10.8 Å². The van der Waals surface area contributed by atoms with Gasteiger partial charge in [0.25, 0.3) is 0 Å². The van der Waals surface area contributed by atoms with Crippen molar-refractivity contribution in [1.82, 2.24) is 10.3 Å². The van der Waals surface area contributed by atoms with E-state index < -0.39 is 0 Å². The average Bonchev–Trinajstić information content (AvgIpc) is 3.24. The summed E-state index contributed by atoms with van der Waals surface area (Å²) >= 11 is 1.74. The van der Waals surface area contributed by atoms with Gasteiger partial charge in [-0.25, -0.2) is 4.98 Å². The lowest BCUT2D eigenvalue weighted by molar-refractivity contribution is 0.415. The van der Waals surface area contributed by atoms with Gasteiger partial charge in [0.15, 0.2) is 0 Å². The molecule has 2 aromatic rings. The zero-order chi connectivity index (χ0) is 14.7. The Morgan fingerprint density at radius 3 is 3.05 bits per heavy atom. The summed E-state index contributed by atoms with van der Waals surface area (Å²) in [6, 6.07) is 8.84. The van der Waals surface area contributed by atoms with Crippen LogP contribution in [-0.2, 0) is 13.1 Å². The SMILES string of the molecule is COc1cccc(N(C)Cc2csc(CNC3CC3)n2)c1. The maximum absolute atomic E-state index is 5.27. The first-order chi connectivity index (χ1) is 10.2. The summed E-state index contributed by atoms with van der Waals surface area (Å²) < 4.78 is 5.27. The third kappa shape index (κ3) is 3.95. The lowest BCUT2D eigenvalue weighted by Gasteiger charge is -2.18. The molecule has 0 unspecified atom stereocenters. The first-order valence-electron chi connectivity index (χ1n) is 7.26. The van der Waals surface area contributed by atoms with Gasteiger partial charge in [-0.3, -0.25) is 0 Å². The van der Waals surface area contributed by atoms with Crippen molar-refractivity contribution in [2.75, 3.05) is 19.1 Å². The van der Waals surface area contributed by atoms with E-state index in [0.717, 1.165) is 36.3 Å². The van der Waals surface area contributed by atoms with Crippen LogP contribution in [0.25, 0.3) is 0 Å². The van der Waals surface area contributed by atoms with Gasteiger partial charge in [0, 0.05) is 36.8 Å². The number of hydrogen-bond acceptors (Lipinski definition) is 5. The van der Waals surface area contributed by atoms with Crippen molar-refractivity contribution in [1.29, 1.82) is 0 Å². The number of anilines is 1. The summed E-state index contributed by atoms with van der Waals surface area (Å²) in [5.74, 6) is 0.881. The van der Waals surface area contributed by atoms with Crippen molar-refractivity contribution in [3.8, 4) is 5.75 Å². The number of hydrogen-bond donors (Lipinski definition) is 1. The molecule has 1 aliphatic carbocycles. The van der Waals surface area contributed by atoms with Gasteiger partial charge in [0.2, 0.25) is 0 Å². The standard InChI is InChI=1S/C16H21N3OS/c1-19(14-4-3-5-15(8-14)20-2)10-13-11-21-16(18-13)9-17-12-6-7-12/h3-5,8,11-12,17H,6-7,9-10H2,1-2H3. The van der Waals surface area contributed by atoms with Crippen LogP contribution in [0.3, 0.4) is 0 Å². The van der Waals surface area contributed by atoms with Gasteiger partial charge in [-0.1, -0.05) is 6.07 Å². The summed E-state index contributed by atoms with van der Waals surface area (Å²) in [5.41, 5.74) is 2.26. The van der Waals surface area contributed by atoms with E-state index in [2.05, 4.69) is 28.7 Å². The van der Waals surface area contributed by atoms with Gasteiger partial charge in [0.05, 0.1) is 19.3 Å². The normalized spacial score (nSPS) is 14.2. The highest BCUT2D eigenvalue weighted by atomic mass is 32.1. The maximum atomic E-state index is 5.27. The lowest BCUT2D eigenvalue weighted by atomic mass is 10.2. The predicted octanol–water partition coefficient (Wildman–Crippen LogP) is 3.04. The fraction of sp³-hybridized carbons (Fsp3) is 0.438. The van der Waals surface area contributed by atoms with Crippen molar-refractivity contribution in [2.24, 2.45) is 0 Å². The van der Waals surface area contributed by atoms with Crippen LogP contribution in [0.1, 0.15) is 23.5 Å². The van der Waals surface area contributed by atoms with Crippen molar-refractivity contribution >= 4 is 17.0 Å². The Kier molecular flexibility index (Phi) is 4.41. The molecule has 21 heavy (non-hydrogen) atoms. The molecule has 1 N–H and O–H groups in total. The van der Waals surface area contributed by atoms with E-state index in [1.165, 1.54) is 17.8 Å². The van der Waals surface area contributed by atoms with Crippen molar-refractivity contribution in [3.05, 3.63) is 40.3 Å². The number of rotatable bonds is 7. The molecule has 0 bridgehead atoms. The van der Waals surface area contributed by atoms with Crippen molar-refractivity contribution in [3.63, 3.8) is 0 Å². The minimum atomic E-state index is 0.733. The van der Waals surface area contributed by atoms with Gasteiger partial charge in [-0.05, 0) is 25.0 Å². The van der Waals surface area contributed by atoms with Crippen LogP contribution in [0.15, 0.2) is 29.6 Å². The summed E-state index contributed by atoms with van der Waals surface area (Å²) in [6.07, 6.45) is 2.63. The Balaban J connectivity index is 1.59. The summed E-state index contributed by atoms with van der Waals surface area (Å²) in [5, 5.41) is 6.83. The van der Waals surface area contributed by atoms with E-state index in [1.54, 1.807) is 18.4 Å². The number of aromatic nitrogens is 1. The van der Waals surface area contributed by atoms with E-state index in [-0.39, 0.29) is 0 Å². The van der Waals surface area contributed by atoms with Crippen LogP contribution >= 0.6 is 11.3 Å². The number of nitrogens with one attached hydrogen (secondary N) is 1. The first kappa shape index (κ1) is 14.4. The van der Waals surface area contributed by atoms with E-state index in [0.29, 0.717) is 0 Å². The van der Waals surface area contributed by atoms with Crippen LogP contribution in [0, 0.1) is 0 Å². The largest absolute Gasteiger partial charge is 0.497 e. The highest BCUT2D eigenvalue weighted by Crippen LogP contribution is 2.23. The van der Waals surface area contributed by atoms with Crippen molar-refractivity contribution < 1.29 is 4.74 Å². The molecule has 3 rings (SSSR count). The highest BCUT2D eigenvalue weighted by Gasteiger charge is 2.20. The molecule has 1 aromatic heterocycles. The molecule has 0 saturated heterocycles. The molecule has 1 saturated carbocycles. The molecular weight excluding hydrogens is 282 g/mol. The van der Waals surface area contributed by atoms with Gasteiger partial charge in [-0.15, -0.1) is 11.3 Å². The molecule has 112 valence electrons. The Labute approximate surface area is 129 Å². The highest BCUT2D eigenvalue weighted by molar-refractivity contribution is 7.09. The fourth-order valence-corrected chi connectivity index (χ4v) is 2.94. The molecule has 1 fully saturated rings. The minimum Gasteiger partial charge on any atom is -0.497 e. The Morgan fingerprint density at radius 2 is 2.29 bits per heavy atom. The molecule has 0 radical (unpaired) electrons. The summed E-state index contributed by atoms with van der Waals surface area (Å²) in [4.78, 5) is 6.89. The monoisotopic (exact) mass is 303 g/mol. The van der Waals surface area contributed by atoms with Gasteiger partial charge < -0.3 is 15.0 Å². The molecule has 0 aliphatic heterocycles. The number of nitrogens with zero attached hydrogens (tertiary/aromatic N) is 2. The molecular formula is C16H21N3OS. The number of thiazole rings is 1. The third-order valence-electron chi connectivity index (χ3n) is 3.61. The Morgan fingerprint density at radius 1 is 1.43 bits per heavy atom. The van der Waals surface area contributed by atoms with E-state index >= 15 is 0 Å². The van der Waals surface area contributed by atoms with Crippen molar-refractivity contribution in [2.45, 2.75) is 32.0 Å². The van der Waals surface area contributed by atoms with E-state index in [4.69, 9.17) is 9.72 Å². The number of ether oxygens (including phenoxy) is 1. The average molecular weight is 303 g/mol. The van der Waals surface area contributed by atoms with E-state index in [9.17, 15) is 0 Å². The minimum absolute atomic E-state index is 0.733. The third-order valence-corrected chi connectivity index (χ3v) is 4.51. The second-order valence-corrected chi connectivity index (χ2v) is 6.39. The van der Waals surface area contributed by atoms with E-state index in [1.807, 2.05) is 18.2 Å². The molecule has 1 aliphatic rings. The van der Waals surface area contributed by atoms with Crippen LogP contribution < -0.4 is 15.0 Å². The molecule has 0 amide bonds. The molecule has 1 heterocycles. The zero-order valence-electron chi connectivity index (χ0n) is 12.5. The van der Waals surface area contributed by atoms with Crippen LogP contribution in [0.2, 0.25) is 0 Å². The van der Waals surface area contributed by atoms with Gasteiger partial charge in [-0.2, -0.15) is 0 Å². The summed E-state index contributed by atoms with van der Waals surface area (Å²) in [6.45, 7) is 1.71. The maximum Gasteiger partial charge on any atom is 0.120 e. The molecule has 0 atom stereocenters. The fourth-order valence-electron chi connectivity index (χ4n) is 2.20. The molecule has 5 heteroatoms. The number of benzene rings is 1. The molecule has 4 nitrogen and oxygen atoms in total. The van der Waals surface area contributed by atoms with Crippen LogP contribution in [0.4, 0.5) is 5.69 Å². The summed E-state index contributed by atoms with van der Waals surface area (Å²) in [7, 11) is 3.77. The lowest BCUT2D eigenvalue weighted by Crippen LogP contribution is -2.17. The van der Waals surface area contributed by atoms with Gasteiger partial charge >= 0.3 is 0 Å². The zero-order valence-corrected chi connectivity index (χ0v) is 13.3.